The maximum absolute atomic E-state index is 6.31. The predicted octanol–water partition coefficient (Wildman–Crippen LogP) is 3.85. The minimum Gasteiger partial charge on any atom is -0.423 e. The Balaban J connectivity index is 1.67. The maximum atomic E-state index is 6.31. The molecule has 5 aromatic rings. The Morgan fingerprint density at radius 1 is 1.03 bits per heavy atom. The molecule has 5 rings (SSSR count). The molecule has 0 aliphatic carbocycles. The topological polar surface area (TPSA) is 118 Å². The zero-order valence-electron chi connectivity index (χ0n) is 18.8. The van der Waals surface area contributed by atoms with Crippen molar-refractivity contribution in [2.45, 2.75) is 13.8 Å². The van der Waals surface area contributed by atoms with Crippen LogP contribution in [-0.2, 0) is 7.05 Å². The summed E-state index contributed by atoms with van der Waals surface area (Å²) in [5, 5.41) is 0.712. The first-order valence-electron chi connectivity index (χ1n) is 10.4. The van der Waals surface area contributed by atoms with Crippen molar-refractivity contribution in [3.05, 3.63) is 66.1 Å². The van der Waals surface area contributed by atoms with Crippen LogP contribution in [0, 0.1) is 26.2 Å². The number of rotatable bonds is 4. The molecule has 0 amide bonds. The summed E-state index contributed by atoms with van der Waals surface area (Å²) in [6.07, 6.45) is 12.0. The number of pyridine rings is 2. The third-order valence-corrected chi connectivity index (χ3v) is 5.48. The normalized spacial score (nSPS) is 10.9. The lowest BCUT2D eigenvalue weighted by molar-refractivity contribution is 0.438. The van der Waals surface area contributed by atoms with Gasteiger partial charge < -0.3 is 15.0 Å². The molecule has 0 bridgehead atoms. The van der Waals surface area contributed by atoms with Gasteiger partial charge in [-0.15, -0.1) is 6.42 Å². The lowest BCUT2D eigenvalue weighted by Crippen LogP contribution is -1.98. The fourth-order valence-corrected chi connectivity index (χ4v) is 3.89. The van der Waals surface area contributed by atoms with Gasteiger partial charge in [-0.2, -0.15) is 0 Å². The zero-order valence-corrected chi connectivity index (χ0v) is 18.8. The molecule has 5 heterocycles. The molecule has 0 atom stereocenters. The Morgan fingerprint density at radius 2 is 1.88 bits per heavy atom. The zero-order chi connectivity index (χ0) is 23.8. The molecular formula is C25H20N8O. The number of nitrogen functional groups attached to an aromatic ring is 1. The van der Waals surface area contributed by atoms with Gasteiger partial charge in [0.15, 0.2) is 0 Å². The van der Waals surface area contributed by atoms with Gasteiger partial charge in [0.1, 0.15) is 29.2 Å². The summed E-state index contributed by atoms with van der Waals surface area (Å²) in [4.78, 5) is 26.1. The molecule has 0 spiro atoms. The van der Waals surface area contributed by atoms with E-state index in [0.29, 0.717) is 34.0 Å². The third kappa shape index (κ3) is 3.57. The molecule has 0 aromatic carbocycles. The number of hydrogen-bond acceptors (Lipinski definition) is 8. The predicted molar refractivity (Wildman–Crippen MR) is 129 cm³/mol. The van der Waals surface area contributed by atoms with Crippen molar-refractivity contribution in [3.63, 3.8) is 0 Å². The van der Waals surface area contributed by atoms with Crippen molar-refractivity contribution in [1.82, 2.24) is 34.5 Å². The van der Waals surface area contributed by atoms with Crippen molar-refractivity contribution in [2.75, 3.05) is 5.73 Å². The number of aryl methyl sites for hydroxylation is 3. The summed E-state index contributed by atoms with van der Waals surface area (Å²) in [6.45, 7) is 3.86. The quantitative estimate of drug-likeness (QED) is 0.412. The highest BCUT2D eigenvalue weighted by Crippen LogP contribution is 2.41. The van der Waals surface area contributed by atoms with E-state index in [9.17, 15) is 0 Å². The maximum Gasteiger partial charge on any atom is 0.322 e. The van der Waals surface area contributed by atoms with Crippen molar-refractivity contribution < 1.29 is 4.74 Å². The molecule has 0 aliphatic heterocycles. The number of terminal acetylenes is 1. The standard InChI is InChI=1S/C25H20N8O/c1-5-16-10-14(2)18(12-28-16)22-20(21-23(26)30-13-31-24(21)33(22)4)19-7-6-17(11-29-19)34-25-27-9-8-15(3)32-25/h1,6-13H,2-4H3,(H2,26,30,31). The van der Waals surface area contributed by atoms with Crippen LogP contribution in [0.25, 0.3) is 33.5 Å². The third-order valence-electron chi connectivity index (χ3n) is 5.48. The average Bonchev–Trinajstić information content (AvgIpc) is 3.13. The first-order chi connectivity index (χ1) is 16.5. The van der Waals surface area contributed by atoms with Crippen LogP contribution in [0.3, 0.4) is 0 Å². The highest BCUT2D eigenvalue weighted by Gasteiger charge is 2.24. The highest BCUT2D eigenvalue weighted by atomic mass is 16.5. The first-order valence-corrected chi connectivity index (χ1v) is 10.4. The number of nitrogens with two attached hydrogens (primary N) is 1. The fourth-order valence-electron chi connectivity index (χ4n) is 3.89. The van der Waals surface area contributed by atoms with Gasteiger partial charge in [0, 0.05) is 36.3 Å². The Bertz CT molecular complexity index is 1580. The minimum atomic E-state index is 0.258. The second-order valence-corrected chi connectivity index (χ2v) is 7.73. The molecule has 5 aromatic heterocycles. The van der Waals surface area contributed by atoms with Crippen LogP contribution < -0.4 is 10.5 Å². The van der Waals surface area contributed by atoms with Crippen LogP contribution in [-0.4, -0.2) is 34.5 Å². The smallest absolute Gasteiger partial charge is 0.322 e. The molecule has 2 N–H and O–H groups in total. The molecule has 166 valence electrons. The highest BCUT2D eigenvalue weighted by molar-refractivity contribution is 6.07. The summed E-state index contributed by atoms with van der Waals surface area (Å²) < 4.78 is 7.73. The summed E-state index contributed by atoms with van der Waals surface area (Å²) in [5.41, 5.74) is 12.6. The molecule has 0 aliphatic rings. The summed E-state index contributed by atoms with van der Waals surface area (Å²) in [5.74, 6) is 3.45. The van der Waals surface area contributed by atoms with Crippen molar-refractivity contribution in [3.8, 4) is 46.6 Å². The second-order valence-electron chi connectivity index (χ2n) is 7.73. The Hall–Kier alpha value is -4.84. The average molecular weight is 448 g/mol. The molecule has 9 nitrogen and oxygen atoms in total. The van der Waals surface area contributed by atoms with Crippen LogP contribution in [0.4, 0.5) is 5.82 Å². The number of ether oxygens (including phenoxy) is 1. The van der Waals surface area contributed by atoms with E-state index in [0.717, 1.165) is 28.1 Å². The second kappa shape index (κ2) is 8.26. The van der Waals surface area contributed by atoms with Gasteiger partial charge in [-0.1, -0.05) is 5.92 Å². The fraction of sp³-hybridized carbons (Fsp3) is 0.120. The van der Waals surface area contributed by atoms with E-state index in [-0.39, 0.29) is 6.01 Å². The van der Waals surface area contributed by atoms with Crippen LogP contribution in [0.1, 0.15) is 17.0 Å². The minimum absolute atomic E-state index is 0.258. The summed E-state index contributed by atoms with van der Waals surface area (Å²) in [7, 11) is 1.93. The number of nitrogens with zero attached hydrogens (tertiary/aromatic N) is 7. The molecule has 0 saturated heterocycles. The molecule has 0 fully saturated rings. The molecule has 34 heavy (non-hydrogen) atoms. The monoisotopic (exact) mass is 448 g/mol. The Morgan fingerprint density at radius 3 is 2.59 bits per heavy atom. The van der Waals surface area contributed by atoms with Crippen molar-refractivity contribution >= 4 is 16.9 Å². The van der Waals surface area contributed by atoms with Crippen molar-refractivity contribution in [1.29, 1.82) is 0 Å². The van der Waals surface area contributed by atoms with Gasteiger partial charge in [0.05, 0.1) is 23.0 Å². The molecule has 0 saturated carbocycles. The van der Waals surface area contributed by atoms with Gasteiger partial charge in [-0.3, -0.25) is 4.98 Å². The van der Waals surface area contributed by atoms with E-state index in [2.05, 4.69) is 35.8 Å². The number of anilines is 1. The lowest BCUT2D eigenvalue weighted by atomic mass is 10.00. The number of hydrogen-bond donors (Lipinski definition) is 1. The van der Waals surface area contributed by atoms with E-state index < -0.39 is 0 Å². The lowest BCUT2D eigenvalue weighted by Gasteiger charge is -2.11. The van der Waals surface area contributed by atoms with Gasteiger partial charge in [0.2, 0.25) is 0 Å². The van der Waals surface area contributed by atoms with Crippen LogP contribution >= 0.6 is 0 Å². The molecule has 0 unspecified atom stereocenters. The van der Waals surface area contributed by atoms with E-state index in [4.69, 9.17) is 16.9 Å². The van der Waals surface area contributed by atoms with Crippen LogP contribution in [0.2, 0.25) is 0 Å². The summed E-state index contributed by atoms with van der Waals surface area (Å²) in [6, 6.07) is 7.60. The molecule has 0 radical (unpaired) electrons. The number of fused-ring (bicyclic) bond motifs is 1. The SMILES string of the molecule is C#Cc1cc(C)c(-c2c(-c3ccc(Oc4nccc(C)n4)cn3)c3c(N)ncnc3n2C)cn1. The van der Waals surface area contributed by atoms with Crippen LogP contribution in [0.5, 0.6) is 11.8 Å². The molecule has 9 heteroatoms. The van der Waals surface area contributed by atoms with E-state index >= 15 is 0 Å². The van der Waals surface area contributed by atoms with E-state index in [1.165, 1.54) is 6.33 Å². The largest absolute Gasteiger partial charge is 0.423 e. The van der Waals surface area contributed by atoms with E-state index in [1.807, 2.05) is 43.7 Å². The Kier molecular flexibility index (Phi) is 5.11. The van der Waals surface area contributed by atoms with Crippen molar-refractivity contribution in [2.24, 2.45) is 7.05 Å². The van der Waals surface area contributed by atoms with Gasteiger partial charge in [0.25, 0.3) is 0 Å². The molecular weight excluding hydrogens is 428 g/mol. The van der Waals surface area contributed by atoms with Crippen LogP contribution in [0.15, 0.2) is 49.2 Å². The first kappa shape index (κ1) is 21.0. The van der Waals surface area contributed by atoms with Gasteiger partial charge in [-0.05, 0) is 43.7 Å². The summed E-state index contributed by atoms with van der Waals surface area (Å²) >= 11 is 0. The van der Waals surface area contributed by atoms with E-state index in [1.54, 1.807) is 24.7 Å². The Labute approximate surface area is 195 Å². The van der Waals surface area contributed by atoms with Gasteiger partial charge in [-0.25, -0.2) is 24.9 Å². The number of aromatic nitrogens is 7. The van der Waals surface area contributed by atoms with Gasteiger partial charge >= 0.3 is 6.01 Å².